The lowest BCUT2D eigenvalue weighted by Crippen LogP contribution is -2.20. The maximum Gasteiger partial charge on any atom is 0.344 e. The molecular formula is C5H6F2O2. The number of cyclic esters (lactones) is 1. The highest BCUT2D eigenvalue weighted by atomic mass is 19.2. The number of carbonyl (C=O) groups is 1. The van der Waals surface area contributed by atoms with Crippen molar-refractivity contribution in [2.75, 3.05) is 0 Å². The molecule has 1 aliphatic rings. The van der Waals surface area contributed by atoms with Crippen molar-refractivity contribution in [3.05, 3.63) is 0 Å². The molecule has 1 rings (SSSR count). The van der Waals surface area contributed by atoms with Gasteiger partial charge in [-0.1, -0.05) is 0 Å². The molecule has 3 unspecified atom stereocenters. The molecule has 2 nitrogen and oxygen atoms in total. The summed E-state index contributed by atoms with van der Waals surface area (Å²) in [5, 5.41) is 0. The van der Waals surface area contributed by atoms with Crippen molar-refractivity contribution >= 4 is 5.97 Å². The lowest BCUT2D eigenvalue weighted by Gasteiger charge is -2.00. The van der Waals surface area contributed by atoms with Crippen LogP contribution in [0, 0.1) is 0 Å². The maximum absolute atomic E-state index is 12.2. The Labute approximate surface area is 50.8 Å². The van der Waals surface area contributed by atoms with E-state index in [4.69, 9.17) is 0 Å². The van der Waals surface area contributed by atoms with Crippen LogP contribution in [-0.4, -0.2) is 24.4 Å². The molecule has 0 aromatic carbocycles. The van der Waals surface area contributed by atoms with Gasteiger partial charge in [-0.15, -0.1) is 0 Å². The van der Waals surface area contributed by atoms with Crippen LogP contribution in [0.25, 0.3) is 0 Å². The van der Waals surface area contributed by atoms with Gasteiger partial charge < -0.3 is 4.74 Å². The fourth-order valence-electron chi connectivity index (χ4n) is 0.681. The molecule has 52 valence electrons. The van der Waals surface area contributed by atoms with E-state index in [0.717, 1.165) is 0 Å². The summed E-state index contributed by atoms with van der Waals surface area (Å²) in [6.45, 7) is 1.32. The second kappa shape index (κ2) is 1.93. The van der Waals surface area contributed by atoms with Crippen molar-refractivity contribution in [2.45, 2.75) is 25.4 Å². The highest BCUT2D eigenvalue weighted by Crippen LogP contribution is 2.20. The van der Waals surface area contributed by atoms with E-state index in [-0.39, 0.29) is 0 Å². The third kappa shape index (κ3) is 0.886. The van der Waals surface area contributed by atoms with Gasteiger partial charge in [0.15, 0.2) is 6.17 Å². The predicted molar refractivity (Wildman–Crippen MR) is 25.3 cm³/mol. The summed E-state index contributed by atoms with van der Waals surface area (Å²) in [5.41, 5.74) is 0. The summed E-state index contributed by atoms with van der Waals surface area (Å²) in [7, 11) is 0. The van der Waals surface area contributed by atoms with Crippen LogP contribution in [-0.2, 0) is 9.53 Å². The number of carbonyl (C=O) groups excluding carboxylic acids is 1. The molecule has 4 heteroatoms. The first kappa shape index (κ1) is 6.45. The van der Waals surface area contributed by atoms with Gasteiger partial charge in [-0.05, 0) is 6.92 Å². The Balaban J connectivity index is 2.65. The first-order valence-corrected chi connectivity index (χ1v) is 2.61. The van der Waals surface area contributed by atoms with E-state index in [1.54, 1.807) is 0 Å². The van der Waals surface area contributed by atoms with Gasteiger partial charge in [0.05, 0.1) is 0 Å². The van der Waals surface area contributed by atoms with Crippen molar-refractivity contribution in [3.8, 4) is 0 Å². The Morgan fingerprint density at radius 3 is 2.22 bits per heavy atom. The Morgan fingerprint density at radius 2 is 2.11 bits per heavy atom. The molecule has 0 aliphatic carbocycles. The Morgan fingerprint density at radius 1 is 1.56 bits per heavy atom. The molecule has 0 bridgehead atoms. The van der Waals surface area contributed by atoms with E-state index in [0.29, 0.717) is 0 Å². The summed E-state index contributed by atoms with van der Waals surface area (Å²) in [6.07, 6.45) is -4.77. The first-order chi connectivity index (χ1) is 4.13. The molecule has 1 aliphatic heterocycles. The van der Waals surface area contributed by atoms with Crippen LogP contribution in [0.3, 0.4) is 0 Å². The minimum absolute atomic E-state index is 0.924. The molecule has 1 fully saturated rings. The minimum Gasteiger partial charge on any atom is -0.457 e. The third-order valence-electron chi connectivity index (χ3n) is 1.26. The molecule has 3 atom stereocenters. The molecule has 0 N–H and O–H groups in total. The fourth-order valence-corrected chi connectivity index (χ4v) is 0.681. The van der Waals surface area contributed by atoms with Gasteiger partial charge in [-0.25, -0.2) is 13.6 Å². The van der Waals surface area contributed by atoms with E-state index in [1.807, 2.05) is 0 Å². The van der Waals surface area contributed by atoms with E-state index in [9.17, 15) is 13.6 Å². The second-order valence-electron chi connectivity index (χ2n) is 1.99. The number of hydrogen-bond donors (Lipinski definition) is 0. The summed E-state index contributed by atoms with van der Waals surface area (Å²) < 4.78 is 28.5. The van der Waals surface area contributed by atoms with Crippen LogP contribution < -0.4 is 0 Å². The van der Waals surface area contributed by atoms with Gasteiger partial charge in [0.2, 0.25) is 6.17 Å². The third-order valence-corrected chi connectivity index (χ3v) is 1.26. The van der Waals surface area contributed by atoms with Gasteiger partial charge in [-0.2, -0.15) is 0 Å². The van der Waals surface area contributed by atoms with E-state index in [2.05, 4.69) is 4.74 Å². The first-order valence-electron chi connectivity index (χ1n) is 2.61. The number of ether oxygens (including phenoxy) is 1. The Kier molecular flexibility index (Phi) is 1.38. The smallest absolute Gasteiger partial charge is 0.344 e. The summed E-state index contributed by atoms with van der Waals surface area (Å²) in [4.78, 5) is 10.2. The average molecular weight is 136 g/mol. The lowest BCUT2D eigenvalue weighted by molar-refractivity contribution is -0.144. The highest BCUT2D eigenvalue weighted by molar-refractivity contribution is 5.77. The monoisotopic (exact) mass is 136 g/mol. The average Bonchev–Trinajstić information content (AvgIpc) is 1.98. The number of esters is 1. The minimum atomic E-state index is -2.07. The van der Waals surface area contributed by atoms with Crippen LogP contribution in [0.5, 0.6) is 0 Å². The van der Waals surface area contributed by atoms with E-state index < -0.39 is 24.4 Å². The predicted octanol–water partition coefficient (Wildman–Crippen LogP) is 0.608. The zero-order valence-corrected chi connectivity index (χ0v) is 4.80. The zero-order chi connectivity index (χ0) is 7.02. The van der Waals surface area contributed by atoms with Crippen LogP contribution in [0.4, 0.5) is 8.78 Å². The molecular weight excluding hydrogens is 130 g/mol. The van der Waals surface area contributed by atoms with Crippen molar-refractivity contribution in [3.63, 3.8) is 0 Å². The van der Waals surface area contributed by atoms with Crippen molar-refractivity contribution in [1.29, 1.82) is 0 Å². The number of rotatable bonds is 0. The van der Waals surface area contributed by atoms with Crippen LogP contribution in [0.15, 0.2) is 0 Å². The molecule has 9 heavy (non-hydrogen) atoms. The van der Waals surface area contributed by atoms with Crippen LogP contribution in [0.1, 0.15) is 6.92 Å². The van der Waals surface area contributed by atoms with Crippen molar-refractivity contribution in [2.24, 2.45) is 0 Å². The largest absolute Gasteiger partial charge is 0.457 e. The summed E-state index contributed by atoms with van der Waals surface area (Å²) in [6, 6.07) is 0. The summed E-state index contributed by atoms with van der Waals surface area (Å²) in [5.74, 6) is -1.09. The fraction of sp³-hybridized carbons (Fsp3) is 0.800. The van der Waals surface area contributed by atoms with Gasteiger partial charge in [0.25, 0.3) is 0 Å². The molecule has 0 radical (unpaired) electrons. The summed E-state index contributed by atoms with van der Waals surface area (Å²) >= 11 is 0. The molecule has 0 aromatic heterocycles. The quantitative estimate of drug-likeness (QED) is 0.456. The van der Waals surface area contributed by atoms with Gasteiger partial charge in [0.1, 0.15) is 6.10 Å². The molecule has 0 aromatic rings. The van der Waals surface area contributed by atoms with Crippen molar-refractivity contribution < 1.29 is 18.3 Å². The second-order valence-corrected chi connectivity index (χ2v) is 1.99. The van der Waals surface area contributed by atoms with E-state index in [1.165, 1.54) is 6.92 Å². The molecule has 0 saturated carbocycles. The Bertz CT molecular complexity index is 137. The maximum atomic E-state index is 12.2. The van der Waals surface area contributed by atoms with Crippen LogP contribution >= 0.6 is 0 Å². The number of alkyl halides is 2. The molecule has 0 amide bonds. The van der Waals surface area contributed by atoms with Gasteiger partial charge in [0, 0.05) is 0 Å². The molecule has 1 heterocycles. The van der Waals surface area contributed by atoms with Gasteiger partial charge in [-0.3, -0.25) is 0 Å². The topological polar surface area (TPSA) is 26.3 Å². The zero-order valence-electron chi connectivity index (χ0n) is 4.80. The SMILES string of the molecule is CC1OC(=O)C(F)C1F. The lowest BCUT2D eigenvalue weighted by atomic mass is 10.2. The molecule has 1 saturated heterocycles. The molecule has 0 spiro atoms. The normalized spacial score (nSPS) is 43.0. The standard InChI is InChI=1S/C5H6F2O2/c1-2-3(6)4(7)5(8)9-2/h2-4H,1H3. The van der Waals surface area contributed by atoms with Crippen molar-refractivity contribution in [1.82, 2.24) is 0 Å². The highest BCUT2D eigenvalue weighted by Gasteiger charge is 2.43. The van der Waals surface area contributed by atoms with Crippen LogP contribution in [0.2, 0.25) is 0 Å². The number of halogens is 2. The van der Waals surface area contributed by atoms with Gasteiger partial charge >= 0.3 is 5.97 Å². The van der Waals surface area contributed by atoms with E-state index >= 15 is 0 Å². The number of hydrogen-bond acceptors (Lipinski definition) is 2. The Hall–Kier alpha value is -0.670.